The van der Waals surface area contributed by atoms with Crippen molar-refractivity contribution in [3.63, 3.8) is 0 Å². The predicted octanol–water partition coefficient (Wildman–Crippen LogP) is 2.22. The van der Waals surface area contributed by atoms with Gasteiger partial charge in [-0.25, -0.2) is 0 Å². The number of likely N-dealkylation sites (N-methyl/N-ethyl adjacent to an activating group) is 1. The number of amides is 2. The largest absolute Gasteiger partial charge is 0.392 e. The summed E-state index contributed by atoms with van der Waals surface area (Å²) in [6.07, 6.45) is 1.18. The Bertz CT molecular complexity index is 910. The van der Waals surface area contributed by atoms with Crippen LogP contribution in [0.3, 0.4) is 0 Å². The first kappa shape index (κ1) is 25.3. The lowest BCUT2D eigenvalue weighted by atomic mass is 10.0. The highest BCUT2D eigenvalue weighted by Crippen LogP contribution is 2.26. The first-order chi connectivity index (χ1) is 14.0. The van der Waals surface area contributed by atoms with E-state index >= 15 is 0 Å². The molecule has 6 nitrogen and oxygen atoms in total. The van der Waals surface area contributed by atoms with Gasteiger partial charge in [-0.3, -0.25) is 14.5 Å². The standard InChI is InChI=1S/C23H27N3O3.2H2S/c1-25(23(29)12-16-7-8-18-13-22(28)24-20(18)11-16)21(17-5-3-2-4-6-17)15-26-10-9-19(27)14-26;;/h2-8,11,19,21,27H,9-10,12-15H2,1H3,(H,24,28);2*1H2/t19-,21+;;/m0../s1. The predicted molar refractivity (Wildman–Crippen MR) is 132 cm³/mol. The second-order valence-corrected chi connectivity index (χ2v) is 8.03. The van der Waals surface area contributed by atoms with E-state index in [0.717, 1.165) is 35.3 Å². The monoisotopic (exact) mass is 461 g/mol. The van der Waals surface area contributed by atoms with Gasteiger partial charge in [-0.1, -0.05) is 42.5 Å². The molecule has 0 aliphatic carbocycles. The molecule has 2 atom stereocenters. The van der Waals surface area contributed by atoms with Crippen molar-refractivity contribution in [3.05, 3.63) is 65.2 Å². The summed E-state index contributed by atoms with van der Waals surface area (Å²) in [6.45, 7) is 2.19. The number of hydrogen-bond donors (Lipinski definition) is 2. The van der Waals surface area contributed by atoms with Gasteiger partial charge in [0.05, 0.1) is 25.0 Å². The van der Waals surface area contributed by atoms with E-state index in [9.17, 15) is 14.7 Å². The molecule has 31 heavy (non-hydrogen) atoms. The molecule has 2 N–H and O–H groups in total. The van der Waals surface area contributed by atoms with Crippen molar-refractivity contribution in [2.75, 3.05) is 32.0 Å². The molecule has 1 fully saturated rings. The number of nitrogens with zero attached hydrogens (tertiary/aromatic N) is 2. The van der Waals surface area contributed by atoms with E-state index in [1.807, 2.05) is 60.5 Å². The van der Waals surface area contributed by atoms with E-state index in [4.69, 9.17) is 0 Å². The summed E-state index contributed by atoms with van der Waals surface area (Å²) >= 11 is 0. The zero-order valence-corrected chi connectivity index (χ0v) is 19.7. The van der Waals surface area contributed by atoms with Crippen LogP contribution in [-0.2, 0) is 22.4 Å². The van der Waals surface area contributed by atoms with E-state index in [2.05, 4.69) is 10.2 Å². The van der Waals surface area contributed by atoms with E-state index in [1.165, 1.54) is 0 Å². The van der Waals surface area contributed by atoms with Crippen molar-refractivity contribution in [2.45, 2.75) is 31.4 Å². The number of rotatable bonds is 6. The average Bonchev–Trinajstić information content (AvgIpc) is 3.30. The molecular formula is C23H31N3O3S2. The van der Waals surface area contributed by atoms with Crippen LogP contribution in [0.2, 0.25) is 0 Å². The van der Waals surface area contributed by atoms with E-state index in [1.54, 1.807) is 0 Å². The van der Waals surface area contributed by atoms with Gasteiger partial charge in [0.1, 0.15) is 0 Å². The van der Waals surface area contributed by atoms with Crippen molar-refractivity contribution in [3.8, 4) is 0 Å². The molecule has 8 heteroatoms. The summed E-state index contributed by atoms with van der Waals surface area (Å²) in [6, 6.07) is 15.7. The highest BCUT2D eigenvalue weighted by atomic mass is 32.1. The SMILES string of the molecule is CN(C(=O)Cc1ccc2c(c1)NC(=O)C2)[C@H](CN1CC[C@H](O)C1)c1ccccc1.S.S. The maximum Gasteiger partial charge on any atom is 0.228 e. The van der Waals surface area contributed by atoms with Crippen LogP contribution in [0.25, 0.3) is 0 Å². The van der Waals surface area contributed by atoms with Crippen molar-refractivity contribution < 1.29 is 14.7 Å². The lowest BCUT2D eigenvalue weighted by Gasteiger charge is -2.32. The van der Waals surface area contributed by atoms with Crippen LogP contribution in [0.4, 0.5) is 5.69 Å². The van der Waals surface area contributed by atoms with Crippen molar-refractivity contribution in [1.82, 2.24) is 9.80 Å². The number of carbonyl (C=O) groups excluding carboxylic acids is 2. The van der Waals surface area contributed by atoms with E-state index in [-0.39, 0.29) is 57.4 Å². The normalized spacial score (nSPS) is 18.4. The number of likely N-dealkylation sites (tertiary alicyclic amines) is 1. The molecule has 0 bridgehead atoms. The fourth-order valence-electron chi connectivity index (χ4n) is 4.19. The number of anilines is 1. The quantitative estimate of drug-likeness (QED) is 0.692. The number of aliphatic hydroxyl groups is 1. The molecule has 4 rings (SSSR count). The smallest absolute Gasteiger partial charge is 0.228 e. The fourth-order valence-corrected chi connectivity index (χ4v) is 4.19. The summed E-state index contributed by atoms with van der Waals surface area (Å²) < 4.78 is 0. The van der Waals surface area contributed by atoms with Crippen molar-refractivity contribution in [2.24, 2.45) is 0 Å². The van der Waals surface area contributed by atoms with E-state index in [0.29, 0.717) is 19.5 Å². The van der Waals surface area contributed by atoms with Gasteiger partial charge in [-0.05, 0) is 29.2 Å². The zero-order valence-electron chi connectivity index (χ0n) is 17.7. The highest BCUT2D eigenvalue weighted by Gasteiger charge is 2.28. The minimum Gasteiger partial charge on any atom is -0.392 e. The zero-order chi connectivity index (χ0) is 20.4. The maximum atomic E-state index is 13.1. The van der Waals surface area contributed by atoms with Gasteiger partial charge in [-0.2, -0.15) is 27.0 Å². The van der Waals surface area contributed by atoms with Gasteiger partial charge in [0.15, 0.2) is 0 Å². The molecule has 168 valence electrons. The molecule has 0 spiro atoms. The van der Waals surface area contributed by atoms with Crippen LogP contribution >= 0.6 is 27.0 Å². The lowest BCUT2D eigenvalue weighted by molar-refractivity contribution is -0.131. The minimum atomic E-state index is -0.283. The number of carbonyl (C=O) groups is 2. The number of nitrogens with one attached hydrogen (secondary N) is 1. The van der Waals surface area contributed by atoms with Gasteiger partial charge in [0.2, 0.25) is 11.8 Å². The van der Waals surface area contributed by atoms with Crippen LogP contribution in [0.5, 0.6) is 0 Å². The van der Waals surface area contributed by atoms with Gasteiger partial charge >= 0.3 is 0 Å². The Kier molecular flexibility index (Phi) is 9.00. The summed E-state index contributed by atoms with van der Waals surface area (Å²) in [7, 11) is 1.85. The summed E-state index contributed by atoms with van der Waals surface area (Å²) in [5.41, 5.74) is 3.78. The number of β-amino-alcohol motifs (C(OH)–C–C–N with tert-alkyl or cyclic N) is 1. The second-order valence-electron chi connectivity index (χ2n) is 8.03. The Morgan fingerprint density at radius 2 is 1.97 bits per heavy atom. The second kappa shape index (κ2) is 11.0. The number of aliphatic hydroxyl groups excluding tert-OH is 1. The lowest BCUT2D eigenvalue weighted by Crippen LogP contribution is -2.39. The molecule has 0 radical (unpaired) electrons. The molecule has 0 saturated carbocycles. The molecule has 2 aromatic carbocycles. The molecular weight excluding hydrogens is 430 g/mol. The molecule has 1 saturated heterocycles. The molecule has 0 unspecified atom stereocenters. The molecule has 2 heterocycles. The van der Waals surface area contributed by atoms with Crippen molar-refractivity contribution >= 4 is 44.5 Å². The van der Waals surface area contributed by atoms with Crippen LogP contribution in [0, 0.1) is 0 Å². The Morgan fingerprint density at radius 3 is 2.65 bits per heavy atom. The van der Waals surface area contributed by atoms with Crippen LogP contribution in [-0.4, -0.2) is 59.5 Å². The minimum absolute atomic E-state index is 0. The van der Waals surface area contributed by atoms with Crippen LogP contribution in [0.1, 0.15) is 29.2 Å². The van der Waals surface area contributed by atoms with Gasteiger partial charge in [0, 0.05) is 32.4 Å². The maximum absolute atomic E-state index is 13.1. The first-order valence-corrected chi connectivity index (χ1v) is 10.1. The third kappa shape index (κ3) is 6.04. The molecule has 0 aromatic heterocycles. The van der Waals surface area contributed by atoms with Crippen LogP contribution in [0.15, 0.2) is 48.5 Å². The Morgan fingerprint density at radius 1 is 1.23 bits per heavy atom. The van der Waals surface area contributed by atoms with Gasteiger partial charge in [-0.15, -0.1) is 0 Å². The first-order valence-electron chi connectivity index (χ1n) is 10.1. The molecule has 2 aliphatic heterocycles. The Balaban J connectivity index is 0.00000171. The van der Waals surface area contributed by atoms with E-state index < -0.39 is 0 Å². The molecule has 2 aromatic rings. The van der Waals surface area contributed by atoms with Crippen molar-refractivity contribution in [1.29, 1.82) is 0 Å². The summed E-state index contributed by atoms with van der Waals surface area (Å²) in [4.78, 5) is 28.7. The fraction of sp³-hybridized carbons (Fsp3) is 0.391. The summed E-state index contributed by atoms with van der Waals surface area (Å²) in [5, 5.41) is 12.7. The Labute approximate surface area is 197 Å². The molecule has 2 aliphatic rings. The third-order valence-corrected chi connectivity index (χ3v) is 5.88. The number of benzene rings is 2. The molecule has 2 amide bonds. The topological polar surface area (TPSA) is 72.9 Å². The van der Waals surface area contributed by atoms with Gasteiger partial charge in [0.25, 0.3) is 0 Å². The number of hydrogen-bond acceptors (Lipinski definition) is 4. The highest BCUT2D eigenvalue weighted by molar-refractivity contribution is 7.59. The Hall–Kier alpha value is -2.00. The average molecular weight is 462 g/mol. The third-order valence-electron chi connectivity index (χ3n) is 5.88. The van der Waals surface area contributed by atoms with Crippen LogP contribution < -0.4 is 5.32 Å². The number of fused-ring (bicyclic) bond motifs is 1. The van der Waals surface area contributed by atoms with Gasteiger partial charge < -0.3 is 15.3 Å². The summed E-state index contributed by atoms with van der Waals surface area (Å²) in [5.74, 6) is 0.0282.